The predicted octanol–water partition coefficient (Wildman–Crippen LogP) is 8.91. The lowest BCUT2D eigenvalue weighted by molar-refractivity contribution is -0.187. The topological polar surface area (TPSA) is 46.5 Å². The highest BCUT2D eigenvalue weighted by molar-refractivity contribution is 5.99. The van der Waals surface area contributed by atoms with Gasteiger partial charge in [-0.2, -0.15) is 8.78 Å². The number of carbonyl (C=O) groups is 1. The van der Waals surface area contributed by atoms with Gasteiger partial charge in [0.1, 0.15) is 11.6 Å². The van der Waals surface area contributed by atoms with E-state index in [0.29, 0.717) is 17.9 Å². The van der Waals surface area contributed by atoms with E-state index in [1.165, 1.54) is 24.3 Å². The van der Waals surface area contributed by atoms with Crippen LogP contribution in [0.2, 0.25) is 0 Å². The molecule has 200 valence electrons. The van der Waals surface area contributed by atoms with Gasteiger partial charge in [0.2, 0.25) is 0 Å². The molecule has 3 nitrogen and oxygen atoms in total. The number of rotatable bonds is 9. The molecule has 0 radical (unpaired) electrons. The number of ether oxygens (including phenoxy) is 1. The van der Waals surface area contributed by atoms with Crippen molar-refractivity contribution >= 4 is 5.78 Å². The molecule has 38 heavy (non-hydrogen) atoms. The average molecular weight is 527 g/mol. The monoisotopic (exact) mass is 526 g/mol. The first-order valence-corrected chi connectivity index (χ1v) is 12.8. The normalized spacial score (nSPS) is 17.7. The van der Waals surface area contributed by atoms with E-state index in [1.54, 1.807) is 19.1 Å². The fourth-order valence-corrected chi connectivity index (χ4v) is 5.07. The van der Waals surface area contributed by atoms with Gasteiger partial charge in [-0.1, -0.05) is 31.2 Å². The van der Waals surface area contributed by atoms with Crippen molar-refractivity contribution in [2.45, 2.75) is 57.5 Å². The highest BCUT2D eigenvalue weighted by Crippen LogP contribution is 2.40. The Balaban J connectivity index is 1.49. The number of aromatic hydroxyl groups is 1. The molecule has 0 saturated heterocycles. The zero-order valence-electron chi connectivity index (χ0n) is 21.2. The lowest BCUT2D eigenvalue weighted by Gasteiger charge is -2.28. The Labute approximate surface area is 219 Å². The predicted molar refractivity (Wildman–Crippen MR) is 139 cm³/mol. The summed E-state index contributed by atoms with van der Waals surface area (Å²) in [6.45, 7) is 5.42. The Bertz CT molecular complexity index is 1310. The third kappa shape index (κ3) is 5.93. The third-order valence-electron chi connectivity index (χ3n) is 7.25. The number of alkyl halides is 2. The van der Waals surface area contributed by atoms with Gasteiger partial charge in [0, 0.05) is 18.1 Å². The van der Waals surface area contributed by atoms with Gasteiger partial charge < -0.3 is 9.84 Å². The zero-order valence-corrected chi connectivity index (χ0v) is 21.2. The number of allylic oxidation sites excluding steroid dienone is 1. The Hall–Kier alpha value is -3.61. The molecule has 4 rings (SSSR count). The van der Waals surface area contributed by atoms with E-state index in [-0.39, 0.29) is 34.6 Å². The maximum absolute atomic E-state index is 14.9. The summed E-state index contributed by atoms with van der Waals surface area (Å²) in [7, 11) is 0. The molecule has 0 bridgehead atoms. The molecule has 3 aromatic rings. The second kappa shape index (κ2) is 11.4. The van der Waals surface area contributed by atoms with Crippen LogP contribution in [-0.2, 0) is 6.11 Å². The number of hydrogen-bond acceptors (Lipinski definition) is 3. The van der Waals surface area contributed by atoms with Crippen LogP contribution in [-0.4, -0.2) is 10.9 Å². The number of carbonyl (C=O) groups excluding carboxylic acids is 1. The molecule has 1 N–H and O–H groups in total. The van der Waals surface area contributed by atoms with Crippen molar-refractivity contribution in [1.29, 1.82) is 0 Å². The molecule has 0 atom stereocenters. The lowest BCUT2D eigenvalue weighted by Crippen LogP contribution is -2.22. The number of phenolic OH excluding ortho intramolecular Hbond substituents is 1. The molecule has 1 fully saturated rings. The highest BCUT2D eigenvalue weighted by Gasteiger charge is 2.36. The summed E-state index contributed by atoms with van der Waals surface area (Å²) in [6, 6.07) is 10.9. The van der Waals surface area contributed by atoms with Crippen LogP contribution in [0.3, 0.4) is 0 Å². The SMILES string of the molecule is C=CCC1CCC(c2ccc(C(F)(F)Oc3cc(F)c(-c4ccc(C(=O)CC)c(O)c4)cc3F)cc2)CC1. The molecule has 0 aliphatic heterocycles. The van der Waals surface area contributed by atoms with Crippen LogP contribution in [0.5, 0.6) is 11.5 Å². The van der Waals surface area contributed by atoms with Crippen LogP contribution in [0.4, 0.5) is 17.6 Å². The van der Waals surface area contributed by atoms with Gasteiger partial charge in [-0.3, -0.25) is 4.79 Å². The second-order valence-electron chi connectivity index (χ2n) is 9.75. The zero-order chi connectivity index (χ0) is 27.4. The summed E-state index contributed by atoms with van der Waals surface area (Å²) in [6.07, 6.45) is 3.29. The van der Waals surface area contributed by atoms with E-state index in [9.17, 15) is 27.5 Å². The van der Waals surface area contributed by atoms with E-state index >= 15 is 0 Å². The summed E-state index contributed by atoms with van der Waals surface area (Å²) in [5.74, 6) is -2.92. The van der Waals surface area contributed by atoms with Gasteiger partial charge in [0.15, 0.2) is 17.3 Å². The Morgan fingerprint density at radius 3 is 2.32 bits per heavy atom. The first kappa shape index (κ1) is 27.4. The summed E-state index contributed by atoms with van der Waals surface area (Å²) in [5.41, 5.74) is 0.378. The van der Waals surface area contributed by atoms with Gasteiger partial charge in [0.25, 0.3) is 0 Å². The van der Waals surface area contributed by atoms with Gasteiger partial charge in [-0.05, 0) is 85.4 Å². The molecule has 0 unspecified atom stereocenters. The van der Waals surface area contributed by atoms with E-state index in [1.807, 2.05) is 6.08 Å². The minimum Gasteiger partial charge on any atom is -0.507 e. The maximum atomic E-state index is 14.9. The van der Waals surface area contributed by atoms with Gasteiger partial charge in [-0.15, -0.1) is 6.58 Å². The van der Waals surface area contributed by atoms with Crippen LogP contribution in [0, 0.1) is 17.6 Å². The molecule has 7 heteroatoms. The summed E-state index contributed by atoms with van der Waals surface area (Å²) in [5, 5.41) is 10.1. The Morgan fingerprint density at radius 1 is 1.03 bits per heavy atom. The molecular formula is C31H30F4O3. The molecule has 0 heterocycles. The van der Waals surface area contributed by atoms with Crippen molar-refractivity contribution in [3.63, 3.8) is 0 Å². The first-order chi connectivity index (χ1) is 18.1. The van der Waals surface area contributed by atoms with E-state index in [4.69, 9.17) is 0 Å². The minimum atomic E-state index is -3.89. The van der Waals surface area contributed by atoms with Gasteiger partial charge in [0.05, 0.1) is 11.1 Å². The highest BCUT2D eigenvalue weighted by atomic mass is 19.3. The van der Waals surface area contributed by atoms with Crippen LogP contribution < -0.4 is 4.74 Å². The number of ketones is 1. The summed E-state index contributed by atoms with van der Waals surface area (Å²) < 4.78 is 64.1. The van der Waals surface area contributed by atoms with E-state index < -0.39 is 29.1 Å². The summed E-state index contributed by atoms with van der Waals surface area (Å²) >= 11 is 0. The van der Waals surface area contributed by atoms with Gasteiger partial charge in [-0.25, -0.2) is 8.78 Å². The van der Waals surface area contributed by atoms with Crippen LogP contribution in [0.15, 0.2) is 67.3 Å². The van der Waals surface area contributed by atoms with E-state index in [0.717, 1.165) is 49.8 Å². The first-order valence-electron chi connectivity index (χ1n) is 12.8. The van der Waals surface area contributed by atoms with Crippen molar-refractivity contribution in [1.82, 2.24) is 0 Å². The molecule has 1 aliphatic rings. The third-order valence-corrected chi connectivity index (χ3v) is 7.25. The van der Waals surface area contributed by atoms with Gasteiger partial charge >= 0.3 is 6.11 Å². The van der Waals surface area contributed by atoms with Crippen molar-refractivity contribution in [2.75, 3.05) is 0 Å². The van der Waals surface area contributed by atoms with Crippen LogP contribution in [0.25, 0.3) is 11.1 Å². The molecule has 0 spiro atoms. The quantitative estimate of drug-likeness (QED) is 0.172. The Kier molecular flexibility index (Phi) is 8.24. The van der Waals surface area contributed by atoms with Crippen molar-refractivity contribution in [3.8, 4) is 22.6 Å². The fourth-order valence-electron chi connectivity index (χ4n) is 5.07. The number of benzene rings is 3. The fraction of sp³-hybridized carbons (Fsp3) is 0.323. The average Bonchev–Trinajstić information content (AvgIpc) is 2.90. The smallest absolute Gasteiger partial charge is 0.426 e. The second-order valence-corrected chi connectivity index (χ2v) is 9.75. The Morgan fingerprint density at radius 2 is 1.71 bits per heavy atom. The lowest BCUT2D eigenvalue weighted by atomic mass is 9.77. The summed E-state index contributed by atoms with van der Waals surface area (Å²) in [4.78, 5) is 11.8. The van der Waals surface area contributed by atoms with E-state index in [2.05, 4.69) is 11.3 Å². The molecule has 0 aromatic heterocycles. The largest absolute Gasteiger partial charge is 0.507 e. The molecular weight excluding hydrogens is 496 g/mol. The maximum Gasteiger partial charge on any atom is 0.426 e. The molecule has 1 saturated carbocycles. The molecule has 0 amide bonds. The number of Topliss-reactive ketones (excluding diaryl/α,β-unsaturated/α-hetero) is 1. The van der Waals surface area contributed by atoms with Crippen molar-refractivity contribution in [3.05, 3.63) is 95.6 Å². The minimum absolute atomic E-state index is 0.0584. The standard InChI is InChI=1S/C31H30F4O3/c1-3-5-19-6-8-20(9-7-19)21-10-13-23(14-11-21)31(34,35)38-30-18-26(32)25(17-27(30)33)22-12-15-24(28(36)4-2)29(37)16-22/h3,10-20,37H,1,4-9H2,2H3. The van der Waals surface area contributed by atoms with Crippen molar-refractivity contribution < 1.29 is 32.2 Å². The van der Waals surface area contributed by atoms with Crippen molar-refractivity contribution in [2.24, 2.45) is 5.92 Å². The number of hydrogen-bond donors (Lipinski definition) is 1. The number of phenols is 1. The molecule has 3 aromatic carbocycles. The van der Waals surface area contributed by atoms with Crippen LogP contribution in [0.1, 0.15) is 72.9 Å². The number of halogens is 4. The molecule has 1 aliphatic carbocycles. The van der Waals surface area contributed by atoms with Crippen LogP contribution >= 0.6 is 0 Å².